The highest BCUT2D eigenvalue weighted by atomic mass is 16.3. The van der Waals surface area contributed by atoms with Crippen LogP contribution in [0.5, 0.6) is 11.5 Å². The topological polar surface area (TPSA) is 112 Å². The van der Waals surface area contributed by atoms with Crippen LogP contribution in [0.25, 0.3) is 5.76 Å². The van der Waals surface area contributed by atoms with Gasteiger partial charge >= 0.3 is 0 Å². The second-order valence-electron chi connectivity index (χ2n) is 15.4. The molecule has 1 aromatic rings. The van der Waals surface area contributed by atoms with Gasteiger partial charge in [0.15, 0.2) is 28.8 Å². The van der Waals surface area contributed by atoms with Crippen molar-refractivity contribution in [2.45, 2.75) is 94.4 Å². The summed E-state index contributed by atoms with van der Waals surface area (Å²) in [4.78, 5) is 45.6. The Labute approximate surface area is 262 Å². The minimum atomic E-state index is -1.60. The summed E-state index contributed by atoms with van der Waals surface area (Å²) in [5, 5.41) is 31.9. The zero-order chi connectivity index (χ0) is 33.2. The highest BCUT2D eigenvalue weighted by molar-refractivity contribution is 6.41. The number of rotatable bonds is 6. The van der Waals surface area contributed by atoms with Crippen molar-refractivity contribution in [2.75, 3.05) is 0 Å². The van der Waals surface area contributed by atoms with Gasteiger partial charge in [-0.05, 0) is 114 Å². The van der Waals surface area contributed by atoms with Crippen LogP contribution >= 0.6 is 0 Å². The summed E-state index contributed by atoms with van der Waals surface area (Å²) in [6.07, 6.45) is 6.44. The summed E-state index contributed by atoms with van der Waals surface area (Å²) in [7, 11) is 0. The summed E-state index contributed by atoms with van der Waals surface area (Å²) in [6.45, 7) is 22.4. The van der Waals surface area contributed by atoms with Crippen LogP contribution in [0.3, 0.4) is 0 Å². The smallest absolute Gasteiger partial charge is 0.184 e. The van der Waals surface area contributed by atoms with E-state index in [0.717, 1.165) is 29.2 Å². The van der Waals surface area contributed by atoms with Gasteiger partial charge in [0.05, 0.1) is 5.41 Å². The Balaban J connectivity index is 2.17. The Hall–Kier alpha value is -3.41. The van der Waals surface area contributed by atoms with Crippen molar-refractivity contribution in [1.82, 2.24) is 0 Å². The Morgan fingerprint density at radius 3 is 2.07 bits per heavy atom. The minimum absolute atomic E-state index is 0.0290. The Bertz CT molecular complexity index is 1510. The molecule has 0 aliphatic heterocycles. The van der Waals surface area contributed by atoms with Gasteiger partial charge in [0.25, 0.3) is 0 Å². The van der Waals surface area contributed by atoms with Gasteiger partial charge in [-0.25, -0.2) is 0 Å². The van der Waals surface area contributed by atoms with E-state index < -0.39 is 50.5 Å². The lowest BCUT2D eigenvalue weighted by atomic mass is 9.35. The number of aromatic hydroxyl groups is 2. The lowest BCUT2D eigenvalue weighted by molar-refractivity contribution is -0.188. The van der Waals surface area contributed by atoms with E-state index in [0.29, 0.717) is 12.8 Å². The predicted octanol–water partition coefficient (Wildman–Crippen LogP) is 8.45. The third-order valence-electron chi connectivity index (χ3n) is 11.3. The van der Waals surface area contributed by atoms with Crippen LogP contribution in [0.4, 0.5) is 0 Å². The quantitative estimate of drug-likeness (QED) is 0.0752. The molecule has 0 heterocycles. The molecule has 3 aliphatic rings. The molecule has 5 atom stereocenters. The first-order valence-corrected chi connectivity index (χ1v) is 15.8. The first-order chi connectivity index (χ1) is 20.3. The van der Waals surface area contributed by atoms with Crippen molar-refractivity contribution in [3.8, 4) is 11.5 Å². The summed E-state index contributed by atoms with van der Waals surface area (Å²) in [5.41, 5.74) is -1.75. The van der Waals surface area contributed by atoms with E-state index in [1.807, 2.05) is 54.5 Å². The number of hydrogen-bond donors (Lipinski definition) is 3. The maximum absolute atomic E-state index is 15.5. The number of hydrogen-bond acceptors (Lipinski definition) is 6. The molecule has 2 bridgehead atoms. The van der Waals surface area contributed by atoms with Gasteiger partial charge in [-0.3, -0.25) is 14.4 Å². The average molecular weight is 603 g/mol. The number of allylic oxidation sites excluding steroid dienone is 6. The molecule has 44 heavy (non-hydrogen) atoms. The Kier molecular flexibility index (Phi) is 8.51. The monoisotopic (exact) mass is 602 g/mol. The van der Waals surface area contributed by atoms with Crippen LogP contribution in [0.2, 0.25) is 0 Å². The summed E-state index contributed by atoms with van der Waals surface area (Å²) < 4.78 is 0. The van der Waals surface area contributed by atoms with Crippen LogP contribution in [-0.2, 0) is 14.4 Å². The number of carbonyl (C=O) groups is 3. The van der Waals surface area contributed by atoms with Gasteiger partial charge in [0.2, 0.25) is 0 Å². The molecule has 3 saturated carbocycles. The van der Waals surface area contributed by atoms with Crippen molar-refractivity contribution in [3.05, 3.63) is 64.8 Å². The van der Waals surface area contributed by atoms with Crippen molar-refractivity contribution >= 4 is 23.1 Å². The maximum Gasteiger partial charge on any atom is 0.184 e. The third kappa shape index (κ3) is 4.80. The van der Waals surface area contributed by atoms with E-state index in [1.54, 1.807) is 0 Å². The van der Waals surface area contributed by atoms with E-state index in [-0.39, 0.29) is 47.5 Å². The van der Waals surface area contributed by atoms with Crippen molar-refractivity contribution in [1.29, 1.82) is 0 Å². The molecule has 0 amide bonds. The van der Waals surface area contributed by atoms with Crippen LogP contribution in [0.15, 0.2) is 59.2 Å². The molecule has 4 rings (SSSR count). The van der Waals surface area contributed by atoms with Gasteiger partial charge in [0.1, 0.15) is 16.7 Å². The molecule has 5 unspecified atom stereocenters. The lowest BCUT2D eigenvalue weighted by Gasteiger charge is -2.64. The fraction of sp³-hybridized carbons (Fsp3) is 0.553. The van der Waals surface area contributed by atoms with Crippen LogP contribution in [-0.4, -0.2) is 32.7 Å². The van der Waals surface area contributed by atoms with Crippen molar-refractivity contribution in [3.63, 3.8) is 0 Å². The van der Waals surface area contributed by atoms with E-state index in [4.69, 9.17) is 0 Å². The molecule has 0 saturated heterocycles. The number of benzene rings is 1. The van der Waals surface area contributed by atoms with Gasteiger partial charge in [-0.2, -0.15) is 0 Å². The second kappa shape index (κ2) is 11.2. The maximum atomic E-state index is 15.5. The minimum Gasteiger partial charge on any atom is -0.506 e. The van der Waals surface area contributed by atoms with Gasteiger partial charge in [0, 0.05) is 5.56 Å². The largest absolute Gasteiger partial charge is 0.506 e. The molecule has 6 nitrogen and oxygen atoms in total. The fourth-order valence-electron chi connectivity index (χ4n) is 9.10. The van der Waals surface area contributed by atoms with Crippen molar-refractivity contribution < 1.29 is 29.7 Å². The fourth-order valence-corrected chi connectivity index (χ4v) is 9.10. The first kappa shape index (κ1) is 33.5. The summed E-state index contributed by atoms with van der Waals surface area (Å²) in [5.74, 6) is -3.50. The van der Waals surface area contributed by atoms with Crippen molar-refractivity contribution in [2.24, 2.45) is 39.4 Å². The van der Waals surface area contributed by atoms with E-state index in [9.17, 15) is 15.3 Å². The average Bonchev–Trinajstić information content (AvgIpc) is 3.02. The summed E-state index contributed by atoms with van der Waals surface area (Å²) in [6, 6.07) is 3.70. The van der Waals surface area contributed by atoms with Gasteiger partial charge in [-0.15, -0.1) is 0 Å². The number of ketones is 3. The van der Waals surface area contributed by atoms with Gasteiger partial charge < -0.3 is 15.3 Å². The molecular weight excluding hydrogens is 552 g/mol. The Morgan fingerprint density at radius 1 is 0.909 bits per heavy atom. The number of phenols is 2. The molecular formula is C38H50O6. The molecule has 1 aromatic carbocycles. The molecule has 3 N–H and O–H groups in total. The number of carbonyl (C=O) groups excluding carboxylic acids is 3. The number of aliphatic hydroxyl groups is 1. The second-order valence-corrected chi connectivity index (χ2v) is 15.4. The zero-order valence-corrected chi connectivity index (χ0v) is 27.9. The molecule has 6 heteroatoms. The zero-order valence-electron chi connectivity index (χ0n) is 27.9. The van der Waals surface area contributed by atoms with E-state index in [1.165, 1.54) is 12.1 Å². The van der Waals surface area contributed by atoms with Crippen LogP contribution < -0.4 is 0 Å². The van der Waals surface area contributed by atoms with E-state index >= 15 is 14.4 Å². The molecule has 1 spiro atoms. The summed E-state index contributed by atoms with van der Waals surface area (Å²) >= 11 is 0. The van der Waals surface area contributed by atoms with Crippen LogP contribution in [0.1, 0.15) is 100.0 Å². The van der Waals surface area contributed by atoms with E-state index in [2.05, 4.69) is 26.5 Å². The normalized spacial score (nSPS) is 31.8. The van der Waals surface area contributed by atoms with Gasteiger partial charge in [-0.1, -0.05) is 63.1 Å². The number of phenolic OH excluding ortho intramolecular Hbond substituents is 2. The Morgan fingerprint density at radius 2 is 1.52 bits per heavy atom. The molecule has 3 fully saturated rings. The lowest BCUT2D eigenvalue weighted by Crippen LogP contribution is -2.73. The standard InChI is InChI=1S/C38H50O6/c1-21(2)11-13-26-27-15-14-25(23(5)6)35(7,8)20-37(27)32(42)30(31(41)24-12-16-28(39)29(40)19-24)33(43)38(34(37)44,36(26,9)10)18-17-22(3)4/h11-12,16-17,19,25-27,39-41H,5,13-15,18,20H2,1-4,6-10H3. The molecule has 0 radical (unpaired) electrons. The number of fused-ring (bicyclic) bond motifs is 1. The first-order valence-electron chi connectivity index (χ1n) is 15.8. The van der Waals surface area contributed by atoms with Crippen LogP contribution in [0, 0.1) is 39.4 Å². The third-order valence-corrected chi connectivity index (χ3v) is 11.3. The predicted molar refractivity (Wildman–Crippen MR) is 174 cm³/mol. The number of Topliss-reactive ketones (excluding diaryl/α,β-unsaturated/α-hetero) is 3. The molecule has 0 aromatic heterocycles. The molecule has 238 valence electrons. The highest BCUT2D eigenvalue weighted by Gasteiger charge is 2.77. The SMILES string of the molecule is C=C(C)C1CCC2C(CC=C(C)C)C(C)(C)C3(CC=C(C)C)C(=O)C(=C(O)c4ccc(O)c(O)c4)C(=O)C2(CC1(C)C)C3=O. The highest BCUT2D eigenvalue weighted by Crippen LogP contribution is 2.71. The number of aliphatic hydroxyl groups excluding tert-OH is 1. The molecule has 3 aliphatic carbocycles.